The van der Waals surface area contributed by atoms with E-state index in [0.717, 1.165) is 19.4 Å². The van der Waals surface area contributed by atoms with Crippen LogP contribution in [0.25, 0.3) is 11.4 Å². The summed E-state index contributed by atoms with van der Waals surface area (Å²) in [5, 5.41) is 6.78. The van der Waals surface area contributed by atoms with Gasteiger partial charge in [0.25, 0.3) is 0 Å². The normalized spacial score (nSPS) is 11.0. The van der Waals surface area contributed by atoms with Crippen LogP contribution in [0.5, 0.6) is 0 Å². The molecular weight excluding hydrogens is 311 g/mol. The molecule has 1 aromatic heterocycles. The number of nitrogens with one attached hydrogen (secondary N) is 1. The maximum absolute atomic E-state index is 13.0. The van der Waals surface area contributed by atoms with E-state index in [1.54, 1.807) is 12.1 Å². The van der Waals surface area contributed by atoms with Gasteiger partial charge in [-0.15, -0.1) is 0 Å². The molecule has 1 aromatic carbocycles. The van der Waals surface area contributed by atoms with Crippen molar-refractivity contribution in [3.63, 3.8) is 0 Å². The summed E-state index contributed by atoms with van der Waals surface area (Å²) in [6.07, 6.45) is 1.82. The minimum atomic E-state index is -0.310. The third kappa shape index (κ3) is 5.42. The molecule has 0 aliphatic rings. The van der Waals surface area contributed by atoms with Gasteiger partial charge in [0.05, 0.1) is 13.1 Å². The van der Waals surface area contributed by atoms with Crippen molar-refractivity contribution in [2.45, 2.75) is 33.2 Å². The van der Waals surface area contributed by atoms with Crippen molar-refractivity contribution in [2.75, 3.05) is 19.6 Å². The number of halogens is 1. The average molecular weight is 334 g/mol. The first-order valence-corrected chi connectivity index (χ1v) is 8.20. The lowest BCUT2D eigenvalue weighted by atomic mass is 10.2. The Bertz CT molecular complexity index is 642. The lowest BCUT2D eigenvalue weighted by molar-refractivity contribution is -0.122. The highest BCUT2D eigenvalue weighted by Crippen LogP contribution is 2.16. The smallest absolute Gasteiger partial charge is 0.241 e. The Labute approximate surface area is 141 Å². The Hall–Kier alpha value is -2.28. The van der Waals surface area contributed by atoms with Crippen LogP contribution in [-0.4, -0.2) is 40.6 Å². The maximum atomic E-state index is 13.0. The maximum Gasteiger partial charge on any atom is 0.241 e. The largest absolute Gasteiger partial charge is 0.355 e. The fraction of sp³-hybridized carbons (Fsp3) is 0.471. The summed E-state index contributed by atoms with van der Waals surface area (Å²) in [5.41, 5.74) is 0.689. The van der Waals surface area contributed by atoms with Gasteiger partial charge in [-0.2, -0.15) is 4.98 Å². The molecule has 0 radical (unpaired) electrons. The summed E-state index contributed by atoms with van der Waals surface area (Å²) in [5.74, 6) is 0.529. The molecule has 24 heavy (non-hydrogen) atoms. The zero-order chi connectivity index (χ0) is 17.4. The fourth-order valence-electron chi connectivity index (χ4n) is 2.28. The van der Waals surface area contributed by atoms with Crippen LogP contribution in [-0.2, 0) is 11.3 Å². The second kappa shape index (κ2) is 9.12. The molecule has 1 N–H and O–H groups in total. The van der Waals surface area contributed by atoms with E-state index in [9.17, 15) is 9.18 Å². The Morgan fingerprint density at radius 1 is 1.25 bits per heavy atom. The number of carbonyl (C=O) groups is 1. The second-order valence-electron chi connectivity index (χ2n) is 5.58. The minimum absolute atomic E-state index is 0.0106. The van der Waals surface area contributed by atoms with Crippen molar-refractivity contribution < 1.29 is 13.7 Å². The highest BCUT2D eigenvalue weighted by molar-refractivity contribution is 5.77. The predicted molar refractivity (Wildman–Crippen MR) is 88.6 cm³/mol. The van der Waals surface area contributed by atoms with Gasteiger partial charge >= 0.3 is 0 Å². The van der Waals surface area contributed by atoms with E-state index in [1.165, 1.54) is 12.1 Å². The van der Waals surface area contributed by atoms with Crippen molar-refractivity contribution >= 4 is 5.91 Å². The van der Waals surface area contributed by atoms with Crippen LogP contribution in [0.2, 0.25) is 0 Å². The Morgan fingerprint density at radius 2 is 2.00 bits per heavy atom. The van der Waals surface area contributed by atoms with Crippen LogP contribution in [0.3, 0.4) is 0 Å². The molecule has 0 aliphatic heterocycles. The number of carbonyl (C=O) groups excluding carboxylic acids is 1. The van der Waals surface area contributed by atoms with Crippen molar-refractivity contribution in [3.8, 4) is 11.4 Å². The standard InChI is InChI=1S/C17H23FN4O2/c1-3-9-19-15(23)11-22(10-4-2)12-16-20-17(21-24-16)13-5-7-14(18)8-6-13/h5-8H,3-4,9-12H2,1-2H3,(H,19,23). The molecule has 0 saturated carbocycles. The summed E-state index contributed by atoms with van der Waals surface area (Å²) in [6, 6.07) is 5.91. The molecule has 1 amide bonds. The number of hydrogen-bond donors (Lipinski definition) is 1. The van der Waals surface area contributed by atoms with Crippen LogP contribution in [0.4, 0.5) is 4.39 Å². The van der Waals surface area contributed by atoms with E-state index in [2.05, 4.69) is 22.4 Å². The van der Waals surface area contributed by atoms with E-state index >= 15 is 0 Å². The molecule has 1 heterocycles. The van der Waals surface area contributed by atoms with Crippen LogP contribution in [0, 0.1) is 5.82 Å². The van der Waals surface area contributed by atoms with Crippen molar-refractivity contribution in [1.82, 2.24) is 20.4 Å². The molecule has 0 unspecified atom stereocenters. The summed E-state index contributed by atoms with van der Waals surface area (Å²) in [6.45, 7) is 6.19. The lowest BCUT2D eigenvalue weighted by Gasteiger charge is -2.18. The first-order chi connectivity index (χ1) is 11.6. The van der Waals surface area contributed by atoms with E-state index < -0.39 is 0 Å². The minimum Gasteiger partial charge on any atom is -0.355 e. The molecule has 7 heteroatoms. The molecule has 2 rings (SSSR count). The Kier molecular flexibility index (Phi) is 6.87. The van der Waals surface area contributed by atoms with Gasteiger partial charge in [-0.25, -0.2) is 4.39 Å². The molecule has 6 nitrogen and oxygen atoms in total. The summed E-state index contributed by atoms with van der Waals surface area (Å²) in [7, 11) is 0. The average Bonchev–Trinajstić information content (AvgIpc) is 3.02. The van der Waals surface area contributed by atoms with Crippen LogP contribution in [0.1, 0.15) is 32.6 Å². The van der Waals surface area contributed by atoms with E-state index in [4.69, 9.17) is 4.52 Å². The fourth-order valence-corrected chi connectivity index (χ4v) is 2.28. The lowest BCUT2D eigenvalue weighted by Crippen LogP contribution is -2.37. The SMILES string of the molecule is CCCNC(=O)CN(CCC)Cc1nc(-c2ccc(F)cc2)no1. The first-order valence-electron chi connectivity index (χ1n) is 8.20. The van der Waals surface area contributed by atoms with E-state index in [-0.39, 0.29) is 11.7 Å². The second-order valence-corrected chi connectivity index (χ2v) is 5.58. The van der Waals surface area contributed by atoms with Gasteiger partial charge < -0.3 is 9.84 Å². The van der Waals surface area contributed by atoms with Gasteiger partial charge in [-0.05, 0) is 43.7 Å². The Morgan fingerprint density at radius 3 is 2.67 bits per heavy atom. The van der Waals surface area contributed by atoms with E-state index in [0.29, 0.717) is 36.9 Å². The summed E-state index contributed by atoms with van der Waals surface area (Å²) < 4.78 is 18.2. The van der Waals surface area contributed by atoms with Crippen molar-refractivity contribution in [1.29, 1.82) is 0 Å². The number of amides is 1. The highest BCUT2D eigenvalue weighted by Gasteiger charge is 2.15. The van der Waals surface area contributed by atoms with E-state index in [1.807, 2.05) is 11.8 Å². The molecular formula is C17H23FN4O2. The number of aromatic nitrogens is 2. The molecule has 0 atom stereocenters. The third-order valence-electron chi connectivity index (χ3n) is 3.41. The molecule has 0 bridgehead atoms. The topological polar surface area (TPSA) is 71.3 Å². The molecule has 0 fully saturated rings. The molecule has 0 spiro atoms. The van der Waals surface area contributed by atoms with Gasteiger partial charge in [0.1, 0.15) is 5.82 Å². The number of nitrogens with zero attached hydrogens (tertiary/aromatic N) is 3. The van der Waals surface area contributed by atoms with Gasteiger partial charge in [0.2, 0.25) is 17.6 Å². The highest BCUT2D eigenvalue weighted by atomic mass is 19.1. The summed E-state index contributed by atoms with van der Waals surface area (Å²) >= 11 is 0. The molecule has 130 valence electrons. The summed E-state index contributed by atoms with van der Waals surface area (Å²) in [4.78, 5) is 18.2. The van der Waals surface area contributed by atoms with Crippen molar-refractivity contribution in [2.24, 2.45) is 0 Å². The van der Waals surface area contributed by atoms with Crippen molar-refractivity contribution in [3.05, 3.63) is 36.0 Å². The zero-order valence-corrected chi connectivity index (χ0v) is 14.1. The van der Waals surface area contributed by atoms with Crippen LogP contribution in [0.15, 0.2) is 28.8 Å². The van der Waals surface area contributed by atoms with Crippen LogP contribution < -0.4 is 5.32 Å². The quantitative estimate of drug-likeness (QED) is 0.763. The zero-order valence-electron chi connectivity index (χ0n) is 14.1. The van der Waals surface area contributed by atoms with Gasteiger partial charge in [-0.1, -0.05) is 19.0 Å². The molecule has 0 aliphatic carbocycles. The van der Waals surface area contributed by atoms with Gasteiger partial charge in [0.15, 0.2) is 0 Å². The third-order valence-corrected chi connectivity index (χ3v) is 3.41. The number of hydrogen-bond acceptors (Lipinski definition) is 5. The molecule has 0 saturated heterocycles. The first kappa shape index (κ1) is 18.1. The number of rotatable bonds is 9. The van der Waals surface area contributed by atoms with Gasteiger partial charge in [-0.3, -0.25) is 9.69 Å². The predicted octanol–water partition coefficient (Wildman–Crippen LogP) is 2.61. The monoisotopic (exact) mass is 334 g/mol. The van der Waals surface area contributed by atoms with Gasteiger partial charge in [0, 0.05) is 12.1 Å². The Balaban J connectivity index is 1.99. The molecule has 2 aromatic rings. The number of benzene rings is 1. The van der Waals surface area contributed by atoms with Crippen LogP contribution >= 0.6 is 0 Å².